The minimum Gasteiger partial charge on any atom is -0.387 e. The van der Waals surface area contributed by atoms with Gasteiger partial charge < -0.3 is 10.8 Å². The van der Waals surface area contributed by atoms with E-state index in [0.29, 0.717) is 10.0 Å². The average molecular weight is 234 g/mol. The topological polar surface area (TPSA) is 46.2 Å². The molecule has 66 valence electrons. The van der Waals surface area contributed by atoms with Gasteiger partial charge in [0, 0.05) is 11.0 Å². The van der Waals surface area contributed by atoms with Crippen molar-refractivity contribution in [1.29, 1.82) is 0 Å². The van der Waals surface area contributed by atoms with E-state index >= 15 is 0 Å². The van der Waals surface area contributed by atoms with E-state index in [-0.39, 0.29) is 12.4 Å². The van der Waals surface area contributed by atoms with Crippen LogP contribution in [-0.2, 0) is 0 Å². The summed E-state index contributed by atoms with van der Waals surface area (Å²) in [6, 6.07) is 4.10. The largest absolute Gasteiger partial charge is 0.387 e. The molecule has 0 spiro atoms. The highest BCUT2D eigenvalue weighted by Crippen LogP contribution is 2.23. The van der Waals surface area contributed by atoms with E-state index in [1.54, 1.807) is 0 Å². The SMILES string of the molecule is NC[C@@H](O)c1ccc(F)cc1Br. The van der Waals surface area contributed by atoms with Gasteiger partial charge in [-0.05, 0) is 17.7 Å². The highest BCUT2D eigenvalue weighted by atomic mass is 79.9. The van der Waals surface area contributed by atoms with Gasteiger partial charge in [-0.25, -0.2) is 4.39 Å². The lowest BCUT2D eigenvalue weighted by atomic mass is 10.1. The fourth-order valence-electron chi connectivity index (χ4n) is 0.899. The van der Waals surface area contributed by atoms with Crippen LogP contribution in [0.25, 0.3) is 0 Å². The van der Waals surface area contributed by atoms with Gasteiger partial charge in [0.25, 0.3) is 0 Å². The summed E-state index contributed by atoms with van der Waals surface area (Å²) in [7, 11) is 0. The first-order chi connectivity index (χ1) is 5.65. The summed E-state index contributed by atoms with van der Waals surface area (Å²) in [5.74, 6) is -0.338. The van der Waals surface area contributed by atoms with Crippen molar-refractivity contribution in [2.24, 2.45) is 5.73 Å². The molecule has 1 atom stereocenters. The summed E-state index contributed by atoms with van der Waals surface area (Å²) in [5, 5.41) is 9.32. The molecular weight excluding hydrogens is 225 g/mol. The number of hydrogen-bond acceptors (Lipinski definition) is 2. The monoisotopic (exact) mass is 233 g/mol. The maximum Gasteiger partial charge on any atom is 0.124 e. The van der Waals surface area contributed by atoms with Gasteiger partial charge in [0.2, 0.25) is 0 Å². The molecule has 0 saturated heterocycles. The summed E-state index contributed by atoms with van der Waals surface area (Å²) >= 11 is 3.13. The molecule has 0 saturated carbocycles. The Morgan fingerprint density at radius 1 is 1.58 bits per heavy atom. The van der Waals surface area contributed by atoms with Crippen molar-refractivity contribution in [1.82, 2.24) is 0 Å². The standard InChI is InChI=1S/C8H9BrFNO/c9-7-3-5(10)1-2-6(7)8(12)4-11/h1-3,8,12H,4,11H2/t8-/m1/s1. The molecule has 1 aromatic rings. The Morgan fingerprint density at radius 3 is 2.75 bits per heavy atom. The van der Waals surface area contributed by atoms with E-state index in [4.69, 9.17) is 5.73 Å². The molecule has 2 nitrogen and oxygen atoms in total. The highest BCUT2D eigenvalue weighted by molar-refractivity contribution is 9.10. The van der Waals surface area contributed by atoms with Gasteiger partial charge in [0.15, 0.2) is 0 Å². The second kappa shape index (κ2) is 3.98. The van der Waals surface area contributed by atoms with Gasteiger partial charge in [-0.15, -0.1) is 0 Å². The number of aliphatic hydroxyl groups excluding tert-OH is 1. The van der Waals surface area contributed by atoms with Crippen LogP contribution in [0.5, 0.6) is 0 Å². The molecule has 0 unspecified atom stereocenters. The van der Waals surface area contributed by atoms with Crippen molar-refractivity contribution in [3.05, 3.63) is 34.1 Å². The third-order valence-corrected chi connectivity index (χ3v) is 2.23. The van der Waals surface area contributed by atoms with Crippen LogP contribution in [0.1, 0.15) is 11.7 Å². The quantitative estimate of drug-likeness (QED) is 0.815. The Bertz CT molecular complexity index is 280. The second-order valence-corrected chi connectivity index (χ2v) is 3.27. The van der Waals surface area contributed by atoms with Crippen LogP contribution in [0.3, 0.4) is 0 Å². The summed E-state index contributed by atoms with van der Waals surface area (Å²) < 4.78 is 13.1. The number of hydrogen-bond donors (Lipinski definition) is 2. The van der Waals surface area contributed by atoms with E-state index in [9.17, 15) is 9.50 Å². The zero-order valence-electron chi connectivity index (χ0n) is 6.30. The molecule has 4 heteroatoms. The van der Waals surface area contributed by atoms with Crippen molar-refractivity contribution in [2.45, 2.75) is 6.10 Å². The molecule has 3 N–H and O–H groups in total. The molecule has 12 heavy (non-hydrogen) atoms. The molecule has 0 amide bonds. The Labute approximate surface area is 78.3 Å². The molecule has 0 radical (unpaired) electrons. The van der Waals surface area contributed by atoms with Gasteiger partial charge in [0.1, 0.15) is 5.82 Å². The number of aliphatic hydroxyl groups is 1. The Balaban J connectivity index is 3.01. The first kappa shape index (κ1) is 9.64. The van der Waals surface area contributed by atoms with Crippen molar-refractivity contribution in [2.75, 3.05) is 6.54 Å². The van der Waals surface area contributed by atoms with Crippen LogP contribution in [-0.4, -0.2) is 11.7 Å². The van der Waals surface area contributed by atoms with Crippen LogP contribution in [0, 0.1) is 5.82 Å². The molecule has 1 aromatic carbocycles. The summed E-state index contributed by atoms with van der Waals surface area (Å²) in [5.41, 5.74) is 5.86. The Hall–Kier alpha value is -0.450. The van der Waals surface area contributed by atoms with Crippen LogP contribution in [0.15, 0.2) is 22.7 Å². The molecule has 0 aliphatic carbocycles. The first-order valence-electron chi connectivity index (χ1n) is 3.48. The molecule has 0 aliphatic rings. The van der Waals surface area contributed by atoms with E-state index in [0.717, 1.165) is 0 Å². The maximum absolute atomic E-state index is 12.6. The van der Waals surface area contributed by atoms with Gasteiger partial charge in [-0.2, -0.15) is 0 Å². The number of halogens is 2. The number of nitrogens with two attached hydrogens (primary N) is 1. The first-order valence-corrected chi connectivity index (χ1v) is 4.27. The fraction of sp³-hybridized carbons (Fsp3) is 0.250. The number of benzene rings is 1. The zero-order valence-corrected chi connectivity index (χ0v) is 7.88. The second-order valence-electron chi connectivity index (χ2n) is 2.42. The zero-order chi connectivity index (χ0) is 9.14. The Morgan fingerprint density at radius 2 is 2.25 bits per heavy atom. The normalized spacial score (nSPS) is 13.0. The van der Waals surface area contributed by atoms with Crippen molar-refractivity contribution < 1.29 is 9.50 Å². The van der Waals surface area contributed by atoms with Gasteiger partial charge in [-0.3, -0.25) is 0 Å². The van der Waals surface area contributed by atoms with Crippen LogP contribution < -0.4 is 5.73 Å². The predicted molar refractivity (Wildman–Crippen MR) is 48.1 cm³/mol. The predicted octanol–water partition coefficient (Wildman–Crippen LogP) is 1.58. The molecule has 0 aliphatic heterocycles. The lowest BCUT2D eigenvalue weighted by molar-refractivity contribution is 0.186. The molecule has 0 aromatic heterocycles. The molecule has 0 fully saturated rings. The van der Waals surface area contributed by atoms with E-state index in [1.165, 1.54) is 18.2 Å². The van der Waals surface area contributed by atoms with Crippen LogP contribution >= 0.6 is 15.9 Å². The van der Waals surface area contributed by atoms with E-state index < -0.39 is 6.10 Å². The van der Waals surface area contributed by atoms with Gasteiger partial charge >= 0.3 is 0 Å². The molecule has 1 rings (SSSR count). The summed E-state index contributed by atoms with van der Waals surface area (Å²) in [6.07, 6.45) is -0.736. The lowest BCUT2D eigenvalue weighted by Gasteiger charge is -2.09. The highest BCUT2D eigenvalue weighted by Gasteiger charge is 2.09. The van der Waals surface area contributed by atoms with E-state index in [2.05, 4.69) is 15.9 Å². The minimum atomic E-state index is -0.736. The fourth-order valence-corrected chi connectivity index (χ4v) is 1.51. The average Bonchev–Trinajstić information content (AvgIpc) is 2.03. The molecule has 0 heterocycles. The van der Waals surface area contributed by atoms with Crippen LogP contribution in [0.2, 0.25) is 0 Å². The van der Waals surface area contributed by atoms with Crippen molar-refractivity contribution in [3.63, 3.8) is 0 Å². The van der Waals surface area contributed by atoms with Crippen molar-refractivity contribution in [3.8, 4) is 0 Å². The van der Waals surface area contributed by atoms with Crippen LogP contribution in [0.4, 0.5) is 4.39 Å². The molecular formula is C8H9BrFNO. The summed E-state index contributed by atoms with van der Waals surface area (Å²) in [6.45, 7) is 0.129. The Kier molecular flexibility index (Phi) is 3.20. The lowest BCUT2D eigenvalue weighted by Crippen LogP contribution is -2.11. The van der Waals surface area contributed by atoms with Crippen molar-refractivity contribution >= 4 is 15.9 Å². The minimum absolute atomic E-state index is 0.129. The third-order valence-electron chi connectivity index (χ3n) is 1.54. The number of rotatable bonds is 2. The van der Waals surface area contributed by atoms with Gasteiger partial charge in [0.05, 0.1) is 6.10 Å². The smallest absolute Gasteiger partial charge is 0.124 e. The maximum atomic E-state index is 12.6. The summed E-state index contributed by atoms with van der Waals surface area (Å²) in [4.78, 5) is 0. The van der Waals surface area contributed by atoms with Gasteiger partial charge in [-0.1, -0.05) is 22.0 Å². The van der Waals surface area contributed by atoms with E-state index in [1.807, 2.05) is 0 Å². The third kappa shape index (κ3) is 2.03. The molecule has 0 bridgehead atoms.